The third-order valence-electron chi connectivity index (χ3n) is 2.85. The Hall–Kier alpha value is -2.04. The van der Waals surface area contributed by atoms with Gasteiger partial charge in [-0.3, -0.25) is 0 Å². The van der Waals surface area contributed by atoms with Crippen molar-refractivity contribution in [2.45, 2.75) is 20.4 Å². The third kappa shape index (κ3) is 7.68. The summed E-state index contributed by atoms with van der Waals surface area (Å²) in [5.74, 6) is 2.30. The summed E-state index contributed by atoms with van der Waals surface area (Å²) in [6.07, 6.45) is 3.77. The SMILES string of the molecule is Cc1ccnc(NCc2c[n+](C)c(C)nc2N)c1.[O-][Cl+3]([O-])([O-])[O-]. The molecule has 0 saturated heterocycles. The Labute approximate surface area is 135 Å². The minimum atomic E-state index is -4.94. The number of nitrogens with zero attached hydrogens (tertiary/aromatic N) is 3. The van der Waals surface area contributed by atoms with Gasteiger partial charge in [-0.25, -0.2) is 28.2 Å². The number of anilines is 2. The number of aromatic nitrogens is 3. The molecule has 0 atom stereocenters. The van der Waals surface area contributed by atoms with E-state index in [0.29, 0.717) is 12.4 Å². The van der Waals surface area contributed by atoms with E-state index in [1.165, 1.54) is 5.56 Å². The minimum Gasteiger partial charge on any atom is -0.366 e. The molecule has 2 heterocycles. The van der Waals surface area contributed by atoms with Gasteiger partial charge in [-0.15, -0.1) is 10.2 Å². The summed E-state index contributed by atoms with van der Waals surface area (Å²) in [6, 6.07) is 3.96. The lowest BCUT2D eigenvalue weighted by Crippen LogP contribution is -2.68. The van der Waals surface area contributed by atoms with Crippen molar-refractivity contribution in [1.29, 1.82) is 0 Å². The zero-order chi connectivity index (χ0) is 17.6. The number of nitrogens with one attached hydrogen (secondary N) is 1. The molecule has 0 radical (unpaired) electrons. The molecule has 10 heteroatoms. The van der Waals surface area contributed by atoms with Crippen molar-refractivity contribution in [3.8, 4) is 0 Å². The van der Waals surface area contributed by atoms with Gasteiger partial charge in [0.15, 0.2) is 0 Å². The van der Waals surface area contributed by atoms with Crippen LogP contribution >= 0.6 is 0 Å². The molecule has 2 aromatic heterocycles. The van der Waals surface area contributed by atoms with E-state index in [1.54, 1.807) is 6.20 Å². The van der Waals surface area contributed by atoms with E-state index in [-0.39, 0.29) is 0 Å². The minimum absolute atomic E-state index is 0.561. The highest BCUT2D eigenvalue weighted by atomic mass is 35.7. The summed E-state index contributed by atoms with van der Waals surface area (Å²) in [5, 5.41) is 3.24. The Morgan fingerprint density at radius 2 is 1.87 bits per heavy atom. The molecule has 2 rings (SSSR count). The summed E-state index contributed by atoms with van der Waals surface area (Å²) < 4.78 is 35.9. The fourth-order valence-electron chi connectivity index (χ4n) is 1.67. The normalized spacial score (nSPS) is 10.7. The second kappa shape index (κ2) is 7.99. The maximum atomic E-state index is 8.49. The van der Waals surface area contributed by atoms with Crippen LogP contribution in [0.5, 0.6) is 0 Å². The van der Waals surface area contributed by atoms with Crippen LogP contribution in [-0.2, 0) is 13.6 Å². The molecule has 2 aromatic rings. The quantitative estimate of drug-likeness (QED) is 0.539. The molecular weight excluding hydrogens is 326 g/mol. The molecule has 0 aromatic carbocycles. The second-order valence-corrected chi connectivity index (χ2v) is 5.52. The lowest BCUT2D eigenvalue weighted by Gasteiger charge is -2.17. The zero-order valence-electron chi connectivity index (χ0n) is 12.9. The summed E-state index contributed by atoms with van der Waals surface area (Å²) in [5.41, 5.74) is 8.04. The van der Waals surface area contributed by atoms with Gasteiger partial charge in [0.05, 0.1) is 19.2 Å². The Kier molecular flexibility index (Phi) is 6.61. The molecule has 0 bridgehead atoms. The molecule has 126 valence electrons. The van der Waals surface area contributed by atoms with E-state index in [4.69, 9.17) is 24.4 Å². The maximum Gasteiger partial charge on any atom is 0.297 e. The van der Waals surface area contributed by atoms with Gasteiger partial charge in [0.25, 0.3) is 5.82 Å². The first kappa shape index (κ1) is 19.0. The first-order chi connectivity index (χ1) is 10.6. The zero-order valence-corrected chi connectivity index (χ0v) is 13.7. The molecule has 0 saturated carbocycles. The molecule has 0 aliphatic rings. The Bertz CT molecular complexity index is 657. The number of halogens is 1. The van der Waals surface area contributed by atoms with Crippen LogP contribution in [0.2, 0.25) is 0 Å². The Morgan fingerprint density at radius 1 is 1.26 bits per heavy atom. The number of hydrogen-bond acceptors (Lipinski definition) is 8. The van der Waals surface area contributed by atoms with Gasteiger partial charge in [-0.1, -0.05) is 0 Å². The predicted octanol–water partition coefficient (Wildman–Crippen LogP) is -3.64. The van der Waals surface area contributed by atoms with Crippen LogP contribution in [0, 0.1) is 24.1 Å². The van der Waals surface area contributed by atoms with Gasteiger partial charge in [-0.05, 0) is 29.6 Å². The molecular formula is C13H18ClN5O4. The van der Waals surface area contributed by atoms with Crippen molar-refractivity contribution in [3.05, 3.63) is 41.5 Å². The van der Waals surface area contributed by atoms with Crippen LogP contribution in [0.4, 0.5) is 11.6 Å². The number of hydrogen-bond donors (Lipinski definition) is 2. The Morgan fingerprint density at radius 3 is 2.43 bits per heavy atom. The number of nitrogens with two attached hydrogens (primary N) is 1. The van der Waals surface area contributed by atoms with Crippen molar-refractivity contribution in [1.82, 2.24) is 9.97 Å². The van der Waals surface area contributed by atoms with Crippen molar-refractivity contribution in [2.75, 3.05) is 11.1 Å². The monoisotopic (exact) mass is 343 g/mol. The van der Waals surface area contributed by atoms with Gasteiger partial charge in [-0.2, -0.15) is 0 Å². The first-order valence-corrected chi connectivity index (χ1v) is 7.69. The van der Waals surface area contributed by atoms with E-state index in [0.717, 1.165) is 17.2 Å². The van der Waals surface area contributed by atoms with Crippen molar-refractivity contribution >= 4 is 11.6 Å². The highest BCUT2D eigenvalue weighted by Gasteiger charge is 2.11. The highest BCUT2D eigenvalue weighted by molar-refractivity contribution is 5.42. The van der Waals surface area contributed by atoms with E-state index in [2.05, 4.69) is 15.3 Å². The topological polar surface area (TPSA) is 160 Å². The molecule has 23 heavy (non-hydrogen) atoms. The molecule has 0 aliphatic carbocycles. The number of pyridine rings is 1. The van der Waals surface area contributed by atoms with Crippen LogP contribution in [-0.4, -0.2) is 9.97 Å². The summed E-state index contributed by atoms with van der Waals surface area (Å²) >= 11 is 0. The van der Waals surface area contributed by atoms with Crippen LogP contribution < -0.4 is 34.3 Å². The second-order valence-electron chi connectivity index (χ2n) is 4.76. The summed E-state index contributed by atoms with van der Waals surface area (Å²) in [4.78, 5) is 8.53. The van der Waals surface area contributed by atoms with Crippen molar-refractivity contribution < 1.29 is 33.4 Å². The predicted molar refractivity (Wildman–Crippen MR) is 70.9 cm³/mol. The van der Waals surface area contributed by atoms with Gasteiger partial charge < -0.3 is 11.1 Å². The molecule has 0 aliphatic heterocycles. The smallest absolute Gasteiger partial charge is 0.297 e. The highest BCUT2D eigenvalue weighted by Crippen LogP contribution is 2.10. The van der Waals surface area contributed by atoms with Crippen LogP contribution in [0.3, 0.4) is 0 Å². The van der Waals surface area contributed by atoms with Gasteiger partial charge in [0, 0.05) is 13.1 Å². The third-order valence-corrected chi connectivity index (χ3v) is 2.85. The van der Waals surface area contributed by atoms with Crippen molar-refractivity contribution in [2.24, 2.45) is 7.05 Å². The lowest BCUT2D eigenvalue weighted by atomic mass is 10.2. The maximum absolute atomic E-state index is 8.49. The van der Waals surface area contributed by atoms with Crippen molar-refractivity contribution in [3.63, 3.8) is 0 Å². The number of rotatable bonds is 3. The summed E-state index contributed by atoms with van der Waals surface area (Å²) in [6.45, 7) is 4.58. The van der Waals surface area contributed by atoms with E-state index >= 15 is 0 Å². The average Bonchev–Trinajstić information content (AvgIpc) is 2.40. The van der Waals surface area contributed by atoms with Crippen LogP contribution in [0.25, 0.3) is 0 Å². The molecule has 0 spiro atoms. The molecule has 9 nitrogen and oxygen atoms in total. The fourth-order valence-corrected chi connectivity index (χ4v) is 1.67. The van der Waals surface area contributed by atoms with Crippen LogP contribution in [0.15, 0.2) is 24.5 Å². The van der Waals surface area contributed by atoms with E-state index in [1.807, 2.05) is 43.8 Å². The van der Waals surface area contributed by atoms with Crippen LogP contribution in [0.1, 0.15) is 17.0 Å². The fraction of sp³-hybridized carbons (Fsp3) is 0.308. The molecule has 3 N–H and O–H groups in total. The Balaban J connectivity index is 0.000000463. The number of nitrogen functional groups attached to an aromatic ring is 1. The largest absolute Gasteiger partial charge is 0.366 e. The van der Waals surface area contributed by atoms with E-state index in [9.17, 15) is 0 Å². The summed E-state index contributed by atoms with van der Waals surface area (Å²) in [7, 11) is -2.99. The van der Waals surface area contributed by atoms with Gasteiger partial charge in [0.2, 0.25) is 5.82 Å². The van der Waals surface area contributed by atoms with Gasteiger partial charge in [0.1, 0.15) is 12.0 Å². The molecule has 0 fully saturated rings. The standard InChI is InChI=1S/C13H17N5.ClHO4/c1-9-4-5-15-12(6-9)16-7-11-8-18(3)10(2)17-13(11)14;2-1(3,4)5/h4-6,8,14H,7H2,1-3H3,(H,15,16);(H,2,3,4,5). The van der Waals surface area contributed by atoms with E-state index < -0.39 is 10.2 Å². The lowest BCUT2D eigenvalue weighted by molar-refractivity contribution is -2.00. The first-order valence-electron chi connectivity index (χ1n) is 6.46. The van der Waals surface area contributed by atoms with Gasteiger partial charge >= 0.3 is 0 Å². The molecule has 0 unspecified atom stereocenters. The average molecular weight is 344 g/mol. The number of aryl methyl sites for hydroxylation is 3. The molecule has 0 amide bonds.